The summed E-state index contributed by atoms with van der Waals surface area (Å²) >= 11 is 0. The smallest absolute Gasteiger partial charge is 0.310 e. The predicted octanol–water partition coefficient (Wildman–Crippen LogP) is 2.65. The molecule has 2 heterocycles. The van der Waals surface area contributed by atoms with E-state index in [0.717, 1.165) is 23.8 Å². The molecule has 1 fully saturated rings. The summed E-state index contributed by atoms with van der Waals surface area (Å²) < 4.78 is 18.3. The van der Waals surface area contributed by atoms with Crippen molar-refractivity contribution >= 4 is 22.8 Å². The first kappa shape index (κ1) is 16.5. The van der Waals surface area contributed by atoms with Gasteiger partial charge in [-0.2, -0.15) is 0 Å². The van der Waals surface area contributed by atoms with Gasteiger partial charge in [0, 0.05) is 30.2 Å². The van der Waals surface area contributed by atoms with E-state index in [1.165, 1.54) is 12.1 Å². The highest BCUT2D eigenvalue weighted by molar-refractivity contribution is 5.89. The third kappa shape index (κ3) is 3.42. The van der Waals surface area contributed by atoms with Crippen LogP contribution in [0.3, 0.4) is 0 Å². The molecule has 0 saturated carbocycles. The van der Waals surface area contributed by atoms with Crippen LogP contribution in [-0.2, 0) is 20.7 Å². The highest BCUT2D eigenvalue weighted by Crippen LogP contribution is 2.22. The lowest BCUT2D eigenvalue weighted by atomic mass is 9.97. The van der Waals surface area contributed by atoms with Gasteiger partial charge < -0.3 is 14.6 Å². The van der Waals surface area contributed by atoms with Crippen LogP contribution in [0.15, 0.2) is 24.4 Å². The van der Waals surface area contributed by atoms with Crippen LogP contribution < -0.4 is 0 Å². The number of hydrogen-bond donors (Lipinski definition) is 1. The zero-order chi connectivity index (χ0) is 17.1. The quantitative estimate of drug-likeness (QED) is 0.876. The molecule has 5 nitrogen and oxygen atoms in total. The van der Waals surface area contributed by atoms with Crippen LogP contribution in [0.4, 0.5) is 4.39 Å². The van der Waals surface area contributed by atoms with Crippen molar-refractivity contribution in [3.63, 3.8) is 0 Å². The van der Waals surface area contributed by atoms with Crippen LogP contribution in [-0.4, -0.2) is 41.5 Å². The molecule has 0 aliphatic carbocycles. The van der Waals surface area contributed by atoms with Crippen molar-refractivity contribution in [1.29, 1.82) is 0 Å². The van der Waals surface area contributed by atoms with E-state index in [0.29, 0.717) is 25.2 Å². The van der Waals surface area contributed by atoms with Crippen LogP contribution in [0.1, 0.15) is 25.3 Å². The van der Waals surface area contributed by atoms with E-state index in [9.17, 15) is 14.0 Å². The molecule has 2 aromatic rings. The molecule has 1 atom stereocenters. The van der Waals surface area contributed by atoms with E-state index < -0.39 is 0 Å². The molecule has 0 spiro atoms. The Morgan fingerprint density at radius 3 is 3.04 bits per heavy atom. The van der Waals surface area contributed by atoms with Crippen LogP contribution in [0, 0.1) is 11.7 Å². The van der Waals surface area contributed by atoms with E-state index in [-0.39, 0.29) is 30.0 Å². The van der Waals surface area contributed by atoms with Crippen molar-refractivity contribution in [3.8, 4) is 0 Å². The fourth-order valence-electron chi connectivity index (χ4n) is 3.24. The number of carbonyl (C=O) groups excluding carboxylic acids is 2. The highest BCUT2D eigenvalue weighted by Gasteiger charge is 2.29. The second-order valence-corrected chi connectivity index (χ2v) is 6.11. The zero-order valence-corrected chi connectivity index (χ0v) is 13.7. The highest BCUT2D eigenvalue weighted by atomic mass is 19.1. The van der Waals surface area contributed by atoms with E-state index in [1.807, 2.05) is 0 Å². The summed E-state index contributed by atoms with van der Waals surface area (Å²) in [5, 5.41) is 0.851. The fraction of sp³-hybridized carbons (Fsp3) is 0.444. The summed E-state index contributed by atoms with van der Waals surface area (Å²) in [6.45, 7) is 3.21. The molecule has 1 N–H and O–H groups in total. The number of hydrogen-bond acceptors (Lipinski definition) is 3. The Labute approximate surface area is 139 Å². The second kappa shape index (κ2) is 7.03. The summed E-state index contributed by atoms with van der Waals surface area (Å²) in [6, 6.07) is 4.49. The molecule has 1 aromatic carbocycles. The molecule has 1 amide bonds. The number of piperidine rings is 1. The van der Waals surface area contributed by atoms with Crippen LogP contribution in [0.5, 0.6) is 0 Å². The van der Waals surface area contributed by atoms with E-state index in [1.54, 1.807) is 24.1 Å². The maximum Gasteiger partial charge on any atom is 0.310 e. The predicted molar refractivity (Wildman–Crippen MR) is 87.9 cm³/mol. The number of H-pyrrole nitrogens is 1. The van der Waals surface area contributed by atoms with Crippen molar-refractivity contribution in [1.82, 2.24) is 9.88 Å². The average Bonchev–Trinajstić information content (AvgIpc) is 2.97. The maximum atomic E-state index is 13.2. The molecular weight excluding hydrogens is 311 g/mol. The first-order valence-electron chi connectivity index (χ1n) is 8.28. The van der Waals surface area contributed by atoms with Crippen molar-refractivity contribution < 1.29 is 18.7 Å². The van der Waals surface area contributed by atoms with Gasteiger partial charge >= 0.3 is 5.97 Å². The Kier molecular flexibility index (Phi) is 4.83. The summed E-state index contributed by atoms with van der Waals surface area (Å²) in [4.78, 5) is 29.2. The number of nitrogens with zero attached hydrogens (tertiary/aromatic N) is 1. The van der Waals surface area contributed by atoms with Gasteiger partial charge in [-0.1, -0.05) is 0 Å². The lowest BCUT2D eigenvalue weighted by molar-refractivity contribution is -0.151. The number of esters is 1. The lowest BCUT2D eigenvalue weighted by Crippen LogP contribution is -2.43. The lowest BCUT2D eigenvalue weighted by Gasteiger charge is -2.31. The Morgan fingerprint density at radius 1 is 1.42 bits per heavy atom. The van der Waals surface area contributed by atoms with Crippen molar-refractivity contribution in [2.45, 2.75) is 26.2 Å². The zero-order valence-electron chi connectivity index (χ0n) is 13.7. The molecule has 0 unspecified atom stereocenters. The maximum absolute atomic E-state index is 13.2. The van der Waals surface area contributed by atoms with Gasteiger partial charge in [0.05, 0.1) is 18.9 Å². The Hall–Kier alpha value is -2.37. The standard InChI is InChI=1S/C18H21FN2O3/c1-2-24-18(23)12-4-3-7-21(11-12)17(22)8-13-10-20-16-9-14(19)5-6-15(13)16/h5-6,9-10,12,20H,2-4,7-8,11H2,1H3/t12-/m0/s1. The van der Waals surface area contributed by atoms with Gasteiger partial charge in [-0.15, -0.1) is 0 Å². The summed E-state index contributed by atoms with van der Waals surface area (Å²) in [5.41, 5.74) is 1.52. The summed E-state index contributed by atoms with van der Waals surface area (Å²) in [6.07, 6.45) is 3.54. The van der Waals surface area contributed by atoms with Gasteiger partial charge in [0.1, 0.15) is 5.82 Å². The number of ether oxygens (including phenoxy) is 1. The summed E-state index contributed by atoms with van der Waals surface area (Å²) in [7, 11) is 0. The normalized spacial score (nSPS) is 17.9. The third-order valence-corrected chi connectivity index (χ3v) is 4.47. The van der Waals surface area contributed by atoms with Crippen LogP contribution >= 0.6 is 0 Å². The first-order valence-corrected chi connectivity index (χ1v) is 8.28. The summed E-state index contributed by atoms with van der Waals surface area (Å²) in [5.74, 6) is -0.790. The van der Waals surface area contributed by atoms with E-state index >= 15 is 0 Å². The number of benzene rings is 1. The SMILES string of the molecule is CCOC(=O)[C@H]1CCCN(C(=O)Cc2c[nH]c3cc(F)ccc23)C1. The number of aromatic amines is 1. The number of fused-ring (bicyclic) bond motifs is 1. The number of amides is 1. The van der Waals surface area contributed by atoms with Gasteiger partial charge in [-0.25, -0.2) is 4.39 Å². The minimum Gasteiger partial charge on any atom is -0.466 e. The first-order chi connectivity index (χ1) is 11.6. The molecule has 24 heavy (non-hydrogen) atoms. The van der Waals surface area contributed by atoms with Crippen LogP contribution in [0.2, 0.25) is 0 Å². The molecule has 0 radical (unpaired) electrons. The average molecular weight is 332 g/mol. The van der Waals surface area contributed by atoms with E-state index in [4.69, 9.17) is 4.74 Å². The number of nitrogens with one attached hydrogen (secondary N) is 1. The Balaban J connectivity index is 1.68. The molecule has 1 saturated heterocycles. The second-order valence-electron chi connectivity index (χ2n) is 6.11. The van der Waals surface area contributed by atoms with Gasteiger partial charge in [-0.3, -0.25) is 9.59 Å². The monoisotopic (exact) mass is 332 g/mol. The minimum atomic E-state index is -0.310. The van der Waals surface area contributed by atoms with Gasteiger partial charge in [-0.05, 0) is 43.5 Å². The molecule has 1 aliphatic rings. The molecule has 0 bridgehead atoms. The minimum absolute atomic E-state index is 0.0192. The number of rotatable bonds is 4. The number of aromatic nitrogens is 1. The molecule has 1 aromatic heterocycles. The number of carbonyl (C=O) groups is 2. The Bertz CT molecular complexity index is 756. The topological polar surface area (TPSA) is 62.4 Å². The largest absolute Gasteiger partial charge is 0.466 e. The van der Waals surface area contributed by atoms with Crippen molar-refractivity contribution in [2.24, 2.45) is 5.92 Å². The van der Waals surface area contributed by atoms with Crippen LogP contribution in [0.25, 0.3) is 10.9 Å². The Morgan fingerprint density at radius 2 is 2.25 bits per heavy atom. The fourth-order valence-corrected chi connectivity index (χ4v) is 3.24. The van der Waals surface area contributed by atoms with Gasteiger partial charge in [0.2, 0.25) is 5.91 Å². The molecule has 3 rings (SSSR count). The van der Waals surface area contributed by atoms with E-state index in [2.05, 4.69) is 4.98 Å². The van der Waals surface area contributed by atoms with Crippen molar-refractivity contribution in [3.05, 3.63) is 35.8 Å². The third-order valence-electron chi connectivity index (χ3n) is 4.47. The molecule has 128 valence electrons. The molecule has 1 aliphatic heterocycles. The number of halogens is 1. The number of likely N-dealkylation sites (tertiary alicyclic amines) is 1. The van der Waals surface area contributed by atoms with Gasteiger partial charge in [0.15, 0.2) is 0 Å². The van der Waals surface area contributed by atoms with Gasteiger partial charge in [0.25, 0.3) is 0 Å². The van der Waals surface area contributed by atoms with Crippen molar-refractivity contribution in [2.75, 3.05) is 19.7 Å². The molecule has 6 heteroatoms. The molecular formula is C18H21FN2O3.